The molecule has 9 nitrogen and oxygen atoms in total. The number of methoxy groups -OCH3 is 1. The van der Waals surface area contributed by atoms with Gasteiger partial charge in [0.15, 0.2) is 17.3 Å². The third-order valence-electron chi connectivity index (χ3n) is 6.70. The number of hydrogen-bond donors (Lipinski definition) is 1. The van der Waals surface area contributed by atoms with Crippen LogP contribution in [0.5, 0.6) is 11.5 Å². The molecule has 0 spiro atoms. The van der Waals surface area contributed by atoms with Crippen LogP contribution in [-0.2, 0) is 21.3 Å². The predicted molar refractivity (Wildman–Crippen MR) is 153 cm³/mol. The van der Waals surface area contributed by atoms with E-state index in [9.17, 15) is 13.2 Å². The van der Waals surface area contributed by atoms with Gasteiger partial charge in [-0.15, -0.1) is 6.58 Å². The second kappa shape index (κ2) is 11.2. The smallest absolute Gasteiger partial charge is 0.339 e. The van der Waals surface area contributed by atoms with Gasteiger partial charge in [-0.05, 0) is 66.9 Å². The largest absolute Gasteiger partial charge is 0.493 e. The summed E-state index contributed by atoms with van der Waals surface area (Å²) in [6, 6.07) is 11.1. The minimum absolute atomic E-state index is 0.00866. The first kappa shape index (κ1) is 26.9. The topological polar surface area (TPSA) is 121 Å². The highest BCUT2D eigenvalue weighted by Gasteiger charge is 2.38. The van der Waals surface area contributed by atoms with Crippen molar-refractivity contribution in [2.75, 3.05) is 7.11 Å². The lowest BCUT2D eigenvalue weighted by Crippen LogP contribution is -2.35. The summed E-state index contributed by atoms with van der Waals surface area (Å²) in [6.07, 6.45) is 9.06. The molecule has 0 bridgehead atoms. The number of ether oxygens (including phenoxy) is 1. The first-order chi connectivity index (χ1) is 18.8. The van der Waals surface area contributed by atoms with Crippen molar-refractivity contribution in [1.82, 2.24) is 5.01 Å². The Bertz CT molecular complexity index is 1520. The summed E-state index contributed by atoms with van der Waals surface area (Å²) in [6.45, 7) is 3.77. The minimum Gasteiger partial charge on any atom is -0.493 e. The van der Waals surface area contributed by atoms with Crippen LogP contribution < -0.4 is 8.92 Å². The fourth-order valence-corrected chi connectivity index (χ4v) is 6.81. The Hall–Kier alpha value is -3.70. The van der Waals surface area contributed by atoms with E-state index in [1.54, 1.807) is 36.4 Å². The van der Waals surface area contributed by atoms with Gasteiger partial charge in [0, 0.05) is 11.5 Å². The number of amidine groups is 2. The van der Waals surface area contributed by atoms with Crippen LogP contribution in [0.2, 0.25) is 0 Å². The molecule has 0 atom stereocenters. The number of hydrogen-bond acceptors (Lipinski definition) is 8. The van der Waals surface area contributed by atoms with E-state index < -0.39 is 16.0 Å². The van der Waals surface area contributed by atoms with E-state index in [1.807, 2.05) is 0 Å². The molecule has 39 heavy (non-hydrogen) atoms. The van der Waals surface area contributed by atoms with E-state index in [1.165, 1.54) is 48.5 Å². The lowest BCUT2D eigenvalue weighted by Gasteiger charge is -2.20. The first-order valence-electron chi connectivity index (χ1n) is 12.6. The highest BCUT2D eigenvalue weighted by Crippen LogP contribution is 2.38. The number of rotatable bonds is 8. The van der Waals surface area contributed by atoms with Crippen molar-refractivity contribution >= 4 is 49.9 Å². The van der Waals surface area contributed by atoms with Gasteiger partial charge in [-0.3, -0.25) is 10.2 Å². The standard InChI is InChI=1S/C28H28N4O5S2/c1-3-10-20-15-18(17-23(36-2)24(20)37-39(34,35)21-13-8-5-9-14-21)16-22-25(29)32-28(30-26(22)33)38-27(31-32)19-11-6-4-7-12-19/h3,5,8-9,13-17,19,29H,1,4,6-7,10-12H2,2H3/b22-16+,29-25?. The quantitative estimate of drug-likeness (QED) is 0.259. The summed E-state index contributed by atoms with van der Waals surface area (Å²) in [4.78, 5) is 17.2. The van der Waals surface area contributed by atoms with E-state index >= 15 is 0 Å². The number of carbonyl (C=O) groups excluding carboxylic acids is 1. The molecule has 0 radical (unpaired) electrons. The Morgan fingerprint density at radius 3 is 2.62 bits per heavy atom. The highest BCUT2D eigenvalue weighted by atomic mass is 32.2. The number of nitrogens with zero attached hydrogens (tertiary/aromatic N) is 3. The number of carbonyl (C=O) groups is 1. The molecular formula is C28H28N4O5S2. The second-order valence-electron chi connectivity index (χ2n) is 9.35. The van der Waals surface area contributed by atoms with E-state index in [2.05, 4.69) is 16.7 Å². The second-order valence-corrected chi connectivity index (χ2v) is 11.9. The number of hydrazone groups is 1. The number of allylic oxidation sites excluding steroid dienone is 1. The van der Waals surface area contributed by atoms with Gasteiger partial charge in [-0.25, -0.2) is 0 Å². The first-order valence-corrected chi connectivity index (χ1v) is 14.8. The third kappa shape index (κ3) is 5.55. The highest BCUT2D eigenvalue weighted by molar-refractivity contribution is 8.27. The molecule has 5 rings (SSSR count). The molecule has 1 fully saturated rings. The van der Waals surface area contributed by atoms with Crippen molar-refractivity contribution in [2.24, 2.45) is 16.0 Å². The van der Waals surface area contributed by atoms with Gasteiger partial charge in [0.25, 0.3) is 5.91 Å². The molecule has 2 aliphatic heterocycles. The maximum Gasteiger partial charge on any atom is 0.339 e. The molecule has 2 heterocycles. The molecular weight excluding hydrogens is 536 g/mol. The average Bonchev–Trinajstić information content (AvgIpc) is 3.37. The van der Waals surface area contributed by atoms with Crippen LogP contribution in [0.1, 0.15) is 43.2 Å². The Morgan fingerprint density at radius 1 is 1.18 bits per heavy atom. The molecule has 2 aromatic rings. The maximum atomic E-state index is 13.0. The summed E-state index contributed by atoms with van der Waals surface area (Å²) in [5.41, 5.74) is 1.08. The van der Waals surface area contributed by atoms with Crippen LogP contribution in [0.15, 0.2) is 75.7 Å². The summed E-state index contributed by atoms with van der Waals surface area (Å²) in [5.74, 6) is -0.0622. The van der Waals surface area contributed by atoms with Crippen molar-refractivity contribution in [3.8, 4) is 11.5 Å². The van der Waals surface area contributed by atoms with Crippen molar-refractivity contribution in [3.63, 3.8) is 0 Å². The van der Waals surface area contributed by atoms with Gasteiger partial charge in [0.1, 0.15) is 9.94 Å². The number of benzene rings is 2. The van der Waals surface area contributed by atoms with Gasteiger partial charge < -0.3 is 8.92 Å². The zero-order chi connectivity index (χ0) is 27.6. The molecule has 0 unspecified atom stereocenters. The molecule has 0 aromatic heterocycles. The molecule has 2 aromatic carbocycles. The number of nitrogens with one attached hydrogen (secondary N) is 1. The summed E-state index contributed by atoms with van der Waals surface area (Å²) in [5, 5.41) is 16.1. The lowest BCUT2D eigenvalue weighted by atomic mass is 9.90. The van der Waals surface area contributed by atoms with Crippen LogP contribution in [0, 0.1) is 11.3 Å². The number of aliphatic imine (C=N–C) groups is 1. The normalized spacial score (nSPS) is 19.0. The number of amides is 1. The monoisotopic (exact) mass is 564 g/mol. The van der Waals surface area contributed by atoms with Gasteiger partial charge >= 0.3 is 10.1 Å². The molecule has 0 saturated heterocycles. The molecule has 202 valence electrons. The maximum absolute atomic E-state index is 13.0. The fraction of sp³-hybridized carbons (Fsp3) is 0.286. The number of thioether (sulfide) groups is 1. The minimum atomic E-state index is -4.13. The molecule has 3 aliphatic rings. The molecule has 1 N–H and O–H groups in total. The van der Waals surface area contributed by atoms with Crippen LogP contribution in [-0.4, -0.2) is 42.5 Å². The predicted octanol–water partition coefficient (Wildman–Crippen LogP) is 5.39. The van der Waals surface area contributed by atoms with Crippen LogP contribution in [0.4, 0.5) is 0 Å². The van der Waals surface area contributed by atoms with Crippen molar-refractivity contribution in [3.05, 3.63) is 71.8 Å². The lowest BCUT2D eigenvalue weighted by molar-refractivity contribution is -0.114. The zero-order valence-electron chi connectivity index (χ0n) is 21.4. The van der Waals surface area contributed by atoms with Crippen LogP contribution >= 0.6 is 11.8 Å². The van der Waals surface area contributed by atoms with Crippen molar-refractivity contribution in [2.45, 2.75) is 43.4 Å². The molecule has 11 heteroatoms. The van der Waals surface area contributed by atoms with E-state index in [4.69, 9.17) is 14.3 Å². The third-order valence-corrected chi connectivity index (χ3v) is 9.01. The van der Waals surface area contributed by atoms with Crippen LogP contribution in [0.3, 0.4) is 0 Å². The number of fused-ring (bicyclic) bond motifs is 1. The molecule has 1 saturated carbocycles. The Balaban J connectivity index is 1.48. The summed E-state index contributed by atoms with van der Waals surface area (Å²) >= 11 is 1.37. The van der Waals surface area contributed by atoms with E-state index in [-0.39, 0.29) is 34.2 Å². The van der Waals surface area contributed by atoms with Crippen molar-refractivity contribution in [1.29, 1.82) is 5.41 Å². The summed E-state index contributed by atoms with van der Waals surface area (Å²) in [7, 11) is -2.73. The van der Waals surface area contributed by atoms with E-state index in [0.29, 0.717) is 22.2 Å². The van der Waals surface area contributed by atoms with E-state index in [0.717, 1.165) is 30.7 Å². The molecule has 1 aliphatic carbocycles. The van der Waals surface area contributed by atoms with Crippen molar-refractivity contribution < 1.29 is 22.1 Å². The SMILES string of the molecule is C=CCc1cc(/C=C2\C(=N)N3N=C(C4CCCCC4)SC3=NC2=O)cc(OC)c1OS(=O)(=O)c1ccccc1. The van der Waals surface area contributed by atoms with Gasteiger partial charge in [0.2, 0.25) is 5.17 Å². The van der Waals surface area contributed by atoms with Gasteiger partial charge in [0.05, 0.1) is 12.7 Å². The average molecular weight is 565 g/mol. The fourth-order valence-electron chi connectivity index (χ4n) is 4.75. The Labute approximate surface area is 231 Å². The Morgan fingerprint density at radius 2 is 1.92 bits per heavy atom. The summed E-state index contributed by atoms with van der Waals surface area (Å²) < 4.78 is 36.9. The Kier molecular flexibility index (Phi) is 7.72. The molecule has 1 amide bonds. The van der Waals surface area contributed by atoms with Gasteiger partial charge in [-0.2, -0.15) is 23.5 Å². The van der Waals surface area contributed by atoms with Gasteiger partial charge in [-0.1, -0.05) is 43.5 Å². The zero-order valence-corrected chi connectivity index (χ0v) is 23.1. The van der Waals surface area contributed by atoms with Crippen LogP contribution in [0.25, 0.3) is 6.08 Å².